The van der Waals surface area contributed by atoms with E-state index in [-0.39, 0.29) is 10.8 Å². The second-order valence-corrected chi connectivity index (χ2v) is 20.0. The number of anilines is 3. The summed E-state index contributed by atoms with van der Waals surface area (Å²) in [5, 5.41) is 0. The Bertz CT molecular complexity index is 3540. The van der Waals surface area contributed by atoms with Gasteiger partial charge in [0.2, 0.25) is 0 Å². The molecule has 10 aromatic carbocycles. The van der Waals surface area contributed by atoms with Crippen LogP contribution in [0.4, 0.5) is 17.1 Å². The number of fused-ring (bicyclic) bond motifs is 12. The summed E-state index contributed by atoms with van der Waals surface area (Å²) in [7, 11) is 0. The van der Waals surface area contributed by atoms with Gasteiger partial charge in [-0.1, -0.05) is 222 Å². The molecular weight excluding hydrogens is 819 g/mol. The molecule has 0 N–H and O–H groups in total. The fraction of sp³-hybridized carbons (Fsp3) is 0.104. The topological polar surface area (TPSA) is 3.24 Å². The maximum atomic E-state index is 2.49. The number of benzene rings is 10. The van der Waals surface area contributed by atoms with Crippen molar-refractivity contribution in [2.45, 2.75) is 43.9 Å². The Morgan fingerprint density at radius 3 is 1.16 bits per heavy atom. The summed E-state index contributed by atoms with van der Waals surface area (Å²) < 4.78 is 0. The van der Waals surface area contributed by atoms with Gasteiger partial charge in [0.1, 0.15) is 0 Å². The quantitative estimate of drug-likeness (QED) is 0.161. The van der Waals surface area contributed by atoms with Gasteiger partial charge in [-0.25, -0.2) is 0 Å². The first-order chi connectivity index (χ1) is 33.2. The molecule has 1 spiro atoms. The molecule has 13 rings (SSSR count). The summed E-state index contributed by atoms with van der Waals surface area (Å²) in [5.74, 6) is 0. The molecule has 1 nitrogen and oxygen atoms in total. The Kier molecular flexibility index (Phi) is 8.89. The number of nitrogens with zero attached hydrogens (tertiary/aromatic N) is 1. The lowest BCUT2D eigenvalue weighted by molar-refractivity contribution is 0.563. The van der Waals surface area contributed by atoms with Gasteiger partial charge in [0.25, 0.3) is 0 Å². The average molecular weight is 870 g/mol. The minimum absolute atomic E-state index is 0.100. The zero-order valence-corrected chi connectivity index (χ0v) is 39.0. The van der Waals surface area contributed by atoms with E-state index < -0.39 is 5.41 Å². The molecule has 10 aromatic rings. The molecule has 0 fully saturated rings. The first-order valence-corrected chi connectivity index (χ1v) is 24.1. The Hall–Kier alpha value is -8.00. The zero-order chi connectivity index (χ0) is 45.8. The highest BCUT2D eigenvalue weighted by molar-refractivity contribution is 5.91. The largest absolute Gasteiger partial charge is 0.310 e. The minimum Gasteiger partial charge on any atom is -0.310 e. The summed E-state index contributed by atoms with van der Waals surface area (Å²) in [6.07, 6.45) is 0. The van der Waals surface area contributed by atoms with Crippen molar-refractivity contribution in [3.05, 3.63) is 281 Å². The van der Waals surface area contributed by atoms with Gasteiger partial charge in [-0.3, -0.25) is 0 Å². The summed E-state index contributed by atoms with van der Waals surface area (Å²) in [5.41, 5.74) is 26.4. The second-order valence-electron chi connectivity index (χ2n) is 20.0. The van der Waals surface area contributed by atoms with Crippen molar-refractivity contribution in [1.82, 2.24) is 0 Å². The van der Waals surface area contributed by atoms with Crippen LogP contribution in [0.25, 0.3) is 55.6 Å². The van der Waals surface area contributed by atoms with Crippen LogP contribution in [-0.2, 0) is 16.2 Å². The smallest absolute Gasteiger partial charge is 0.0719 e. The van der Waals surface area contributed by atoms with Crippen LogP contribution >= 0.6 is 0 Å². The Balaban J connectivity index is 0.865. The molecule has 0 aromatic heterocycles. The molecule has 0 radical (unpaired) electrons. The van der Waals surface area contributed by atoms with Crippen LogP contribution in [0.2, 0.25) is 0 Å². The highest BCUT2D eigenvalue weighted by Gasteiger charge is 2.53. The van der Waals surface area contributed by atoms with Crippen LogP contribution in [-0.4, -0.2) is 0 Å². The van der Waals surface area contributed by atoms with Crippen molar-refractivity contribution in [3.63, 3.8) is 0 Å². The maximum absolute atomic E-state index is 2.49. The molecule has 3 aliphatic rings. The van der Waals surface area contributed by atoms with E-state index in [0.717, 1.165) is 17.1 Å². The van der Waals surface area contributed by atoms with Crippen molar-refractivity contribution in [2.24, 2.45) is 0 Å². The standard InChI is InChI=1S/C67H51N/c1-65(2)57-20-10-8-18-53(57)55-41-39-52(43-63(55)65)68(50-35-30-46(31-36-50)44-16-6-5-7-17-44)51-37-32-47(33-38-51)45-26-28-48(29-27-45)49-34-40-56-54-19-9-11-21-58(54)67(64(56)42-49)61-24-14-12-22-59(61)66(3,4)60-23-13-15-25-62(60)67/h5-43H,1-4H3. The van der Waals surface area contributed by atoms with Gasteiger partial charge in [-0.2, -0.15) is 0 Å². The molecule has 0 atom stereocenters. The summed E-state index contributed by atoms with van der Waals surface area (Å²) in [4.78, 5) is 2.41. The van der Waals surface area contributed by atoms with E-state index in [4.69, 9.17) is 0 Å². The molecule has 0 aliphatic heterocycles. The Morgan fingerprint density at radius 1 is 0.235 bits per heavy atom. The van der Waals surface area contributed by atoms with E-state index in [2.05, 4.69) is 269 Å². The maximum Gasteiger partial charge on any atom is 0.0719 e. The Morgan fingerprint density at radius 2 is 0.588 bits per heavy atom. The molecule has 0 saturated carbocycles. The molecule has 0 heterocycles. The fourth-order valence-corrected chi connectivity index (χ4v) is 12.4. The Labute approximate surface area is 400 Å². The second kappa shape index (κ2) is 15.0. The fourth-order valence-electron chi connectivity index (χ4n) is 12.4. The molecule has 1 heteroatoms. The van der Waals surface area contributed by atoms with E-state index in [9.17, 15) is 0 Å². The normalized spacial score (nSPS) is 14.8. The van der Waals surface area contributed by atoms with E-state index in [0.29, 0.717) is 0 Å². The number of hydrogen-bond acceptors (Lipinski definition) is 1. The van der Waals surface area contributed by atoms with Crippen molar-refractivity contribution in [2.75, 3.05) is 4.90 Å². The third-order valence-corrected chi connectivity index (χ3v) is 15.8. The third-order valence-electron chi connectivity index (χ3n) is 15.8. The molecule has 324 valence electrons. The zero-order valence-electron chi connectivity index (χ0n) is 39.0. The van der Waals surface area contributed by atoms with E-state index in [1.165, 1.54) is 100 Å². The molecule has 0 amide bonds. The molecule has 3 aliphatic carbocycles. The highest BCUT2D eigenvalue weighted by Crippen LogP contribution is 2.62. The van der Waals surface area contributed by atoms with Gasteiger partial charge in [0.05, 0.1) is 5.41 Å². The molecule has 0 bridgehead atoms. The number of hydrogen-bond donors (Lipinski definition) is 0. The van der Waals surface area contributed by atoms with Crippen LogP contribution < -0.4 is 4.90 Å². The molecule has 68 heavy (non-hydrogen) atoms. The monoisotopic (exact) mass is 869 g/mol. The van der Waals surface area contributed by atoms with Crippen molar-refractivity contribution < 1.29 is 0 Å². The summed E-state index contributed by atoms with van der Waals surface area (Å²) in [6.45, 7) is 9.49. The van der Waals surface area contributed by atoms with Crippen LogP contribution in [0.1, 0.15) is 72.2 Å². The van der Waals surface area contributed by atoms with Gasteiger partial charge in [-0.15, -0.1) is 0 Å². The van der Waals surface area contributed by atoms with Crippen molar-refractivity contribution in [3.8, 4) is 55.6 Å². The van der Waals surface area contributed by atoms with Gasteiger partial charge in [0.15, 0.2) is 0 Å². The molecule has 0 saturated heterocycles. The predicted molar refractivity (Wildman–Crippen MR) is 284 cm³/mol. The van der Waals surface area contributed by atoms with Crippen LogP contribution in [0.15, 0.2) is 237 Å². The SMILES string of the molecule is CC1(C)c2ccccc2-c2ccc(N(c3ccc(-c4ccccc4)cc3)c3ccc(-c4ccc(-c5ccc6c(c5)C5(c7ccccc7-6)c6ccccc6C(C)(C)c6ccccc65)cc4)cc3)cc21. The van der Waals surface area contributed by atoms with Gasteiger partial charge >= 0.3 is 0 Å². The lowest BCUT2D eigenvalue weighted by Crippen LogP contribution is -2.40. The minimum atomic E-state index is -0.412. The first kappa shape index (κ1) is 40.3. The highest BCUT2D eigenvalue weighted by atomic mass is 15.1. The molecular formula is C67H51N. The van der Waals surface area contributed by atoms with Crippen molar-refractivity contribution >= 4 is 17.1 Å². The van der Waals surface area contributed by atoms with Crippen LogP contribution in [0.3, 0.4) is 0 Å². The molecule has 0 unspecified atom stereocenters. The van der Waals surface area contributed by atoms with E-state index in [1.54, 1.807) is 0 Å². The van der Waals surface area contributed by atoms with Gasteiger partial charge < -0.3 is 4.90 Å². The van der Waals surface area contributed by atoms with E-state index in [1.807, 2.05) is 0 Å². The van der Waals surface area contributed by atoms with Gasteiger partial charge in [-0.05, 0) is 143 Å². The summed E-state index contributed by atoms with van der Waals surface area (Å²) >= 11 is 0. The number of rotatable bonds is 6. The first-order valence-electron chi connectivity index (χ1n) is 24.1. The lowest BCUT2D eigenvalue weighted by atomic mass is 9.55. The van der Waals surface area contributed by atoms with Crippen LogP contribution in [0, 0.1) is 0 Å². The van der Waals surface area contributed by atoms with E-state index >= 15 is 0 Å². The lowest BCUT2D eigenvalue weighted by Gasteiger charge is -2.46. The van der Waals surface area contributed by atoms with Gasteiger partial charge in [0, 0.05) is 27.9 Å². The predicted octanol–water partition coefficient (Wildman–Crippen LogP) is 17.5. The summed E-state index contributed by atoms with van der Waals surface area (Å²) in [6, 6.07) is 88.5. The van der Waals surface area contributed by atoms with Crippen molar-refractivity contribution in [1.29, 1.82) is 0 Å². The average Bonchev–Trinajstić information content (AvgIpc) is 3.81. The van der Waals surface area contributed by atoms with Crippen LogP contribution in [0.5, 0.6) is 0 Å². The third kappa shape index (κ3) is 5.82.